The molecule has 0 saturated carbocycles. The monoisotopic (exact) mass is 408 g/mol. The molecular formula is C21H14F2N4OS. The molecule has 2 aromatic carbocycles. The molecule has 144 valence electrons. The van der Waals surface area contributed by atoms with Crippen molar-refractivity contribution in [2.24, 2.45) is 0 Å². The lowest BCUT2D eigenvalue weighted by Gasteiger charge is -2.09. The van der Waals surface area contributed by atoms with E-state index in [0.29, 0.717) is 10.2 Å². The zero-order chi connectivity index (χ0) is 20.1. The molecule has 5 rings (SSSR count). The van der Waals surface area contributed by atoms with Crippen molar-refractivity contribution in [1.29, 1.82) is 0 Å². The first-order valence-corrected chi connectivity index (χ1v) is 9.70. The fourth-order valence-electron chi connectivity index (χ4n) is 3.52. The summed E-state index contributed by atoms with van der Waals surface area (Å²) in [4.78, 5) is 20.7. The smallest absolute Gasteiger partial charge is 0.296 e. The van der Waals surface area contributed by atoms with Gasteiger partial charge < -0.3 is 0 Å². The Morgan fingerprint density at radius 3 is 2.59 bits per heavy atom. The van der Waals surface area contributed by atoms with Gasteiger partial charge in [0.1, 0.15) is 11.3 Å². The van der Waals surface area contributed by atoms with Gasteiger partial charge in [0, 0.05) is 18.0 Å². The number of halogens is 2. The van der Waals surface area contributed by atoms with E-state index in [0.717, 1.165) is 51.6 Å². The fourth-order valence-corrected chi connectivity index (χ4v) is 4.42. The first-order valence-electron chi connectivity index (χ1n) is 8.88. The minimum absolute atomic E-state index is 0.252. The van der Waals surface area contributed by atoms with Crippen molar-refractivity contribution in [3.63, 3.8) is 0 Å². The van der Waals surface area contributed by atoms with E-state index in [4.69, 9.17) is 0 Å². The van der Waals surface area contributed by atoms with Crippen molar-refractivity contribution in [2.45, 2.75) is 13.5 Å². The summed E-state index contributed by atoms with van der Waals surface area (Å²) in [6.07, 6.45) is 3.45. The van der Waals surface area contributed by atoms with Crippen LogP contribution in [0.5, 0.6) is 0 Å². The molecule has 0 radical (unpaired) electrons. The topological polar surface area (TPSA) is 52.7 Å². The summed E-state index contributed by atoms with van der Waals surface area (Å²) < 4.78 is 31.0. The maximum Gasteiger partial charge on any atom is 0.308 e. The number of imidazole rings is 1. The molecule has 0 saturated heterocycles. The van der Waals surface area contributed by atoms with Crippen LogP contribution in [0.4, 0.5) is 8.78 Å². The van der Waals surface area contributed by atoms with Gasteiger partial charge in [-0.25, -0.2) is 13.8 Å². The van der Waals surface area contributed by atoms with Crippen LogP contribution in [-0.4, -0.2) is 19.1 Å². The number of rotatable bonds is 3. The zero-order valence-corrected chi connectivity index (χ0v) is 16.1. The number of benzene rings is 2. The zero-order valence-electron chi connectivity index (χ0n) is 15.3. The van der Waals surface area contributed by atoms with Crippen LogP contribution in [0, 0.1) is 18.6 Å². The molecule has 5 nitrogen and oxygen atoms in total. The van der Waals surface area contributed by atoms with Gasteiger partial charge in [0.15, 0.2) is 11.6 Å². The highest BCUT2D eigenvalue weighted by Crippen LogP contribution is 2.23. The van der Waals surface area contributed by atoms with Gasteiger partial charge in [0.2, 0.25) is 0 Å². The molecule has 0 aliphatic rings. The molecule has 0 aliphatic carbocycles. The van der Waals surface area contributed by atoms with Crippen LogP contribution in [0.3, 0.4) is 0 Å². The average molecular weight is 408 g/mol. The highest BCUT2D eigenvalue weighted by molar-refractivity contribution is 7.16. The summed E-state index contributed by atoms with van der Waals surface area (Å²) in [5.41, 5.74) is 3.99. The fraction of sp³-hybridized carbons (Fsp3) is 0.0952. The molecule has 5 aromatic rings. The normalized spacial score (nSPS) is 11.6. The highest BCUT2D eigenvalue weighted by atomic mass is 32.1. The maximum absolute atomic E-state index is 13.7. The third kappa shape index (κ3) is 2.92. The number of thiazole rings is 1. The number of fused-ring (bicyclic) bond motifs is 2. The van der Waals surface area contributed by atoms with Gasteiger partial charge >= 0.3 is 4.87 Å². The predicted octanol–water partition coefficient (Wildman–Crippen LogP) is 4.43. The third-order valence-corrected chi connectivity index (χ3v) is 5.81. The Hall–Kier alpha value is -3.39. The second-order valence-electron chi connectivity index (χ2n) is 6.71. The lowest BCUT2D eigenvalue weighted by atomic mass is 10.2. The second-order valence-corrected chi connectivity index (χ2v) is 7.71. The number of aromatic nitrogens is 4. The summed E-state index contributed by atoms with van der Waals surface area (Å²) >= 11 is 0.908. The predicted molar refractivity (Wildman–Crippen MR) is 109 cm³/mol. The van der Waals surface area contributed by atoms with Crippen molar-refractivity contribution < 1.29 is 8.78 Å². The Labute approximate surface area is 167 Å². The second kappa shape index (κ2) is 6.59. The molecule has 8 heteroatoms. The third-order valence-electron chi connectivity index (χ3n) is 4.87. The molecule has 0 bridgehead atoms. The lowest BCUT2D eigenvalue weighted by molar-refractivity contribution is 0.510. The van der Waals surface area contributed by atoms with E-state index in [1.807, 2.05) is 41.8 Å². The molecule has 3 heterocycles. The van der Waals surface area contributed by atoms with E-state index >= 15 is 0 Å². The van der Waals surface area contributed by atoms with E-state index in [-0.39, 0.29) is 11.4 Å². The number of hydrogen-bond donors (Lipinski definition) is 0. The maximum atomic E-state index is 13.7. The molecule has 29 heavy (non-hydrogen) atoms. The minimum Gasteiger partial charge on any atom is -0.296 e. The van der Waals surface area contributed by atoms with Gasteiger partial charge in [-0.3, -0.25) is 18.9 Å². The summed E-state index contributed by atoms with van der Waals surface area (Å²) in [6.45, 7) is 2.20. The van der Waals surface area contributed by atoms with Gasteiger partial charge in [-0.2, -0.15) is 0 Å². The summed E-state index contributed by atoms with van der Waals surface area (Å²) in [6, 6.07) is 11.8. The molecule has 3 aromatic heterocycles. The van der Waals surface area contributed by atoms with E-state index in [1.54, 1.807) is 12.4 Å². The summed E-state index contributed by atoms with van der Waals surface area (Å²) in [5, 5.41) is 0. The number of nitrogens with zero attached hydrogens (tertiary/aromatic N) is 4. The van der Waals surface area contributed by atoms with Crippen molar-refractivity contribution in [3.8, 4) is 5.69 Å². The van der Waals surface area contributed by atoms with E-state index < -0.39 is 11.6 Å². The van der Waals surface area contributed by atoms with Crippen LogP contribution in [0.25, 0.3) is 26.9 Å². The van der Waals surface area contributed by atoms with Crippen molar-refractivity contribution in [2.75, 3.05) is 0 Å². The quantitative estimate of drug-likeness (QED) is 0.444. The first kappa shape index (κ1) is 17.7. The molecule has 0 fully saturated rings. The number of pyridine rings is 1. The van der Waals surface area contributed by atoms with Gasteiger partial charge in [-0.05, 0) is 36.8 Å². The Morgan fingerprint density at radius 2 is 1.79 bits per heavy atom. The van der Waals surface area contributed by atoms with Gasteiger partial charge in [-0.1, -0.05) is 23.5 Å². The first-order chi connectivity index (χ1) is 14.0. The van der Waals surface area contributed by atoms with Crippen molar-refractivity contribution >= 4 is 32.6 Å². The average Bonchev–Trinajstić information content (AvgIpc) is 3.19. The lowest BCUT2D eigenvalue weighted by Crippen LogP contribution is -2.13. The number of hydrogen-bond acceptors (Lipinski definition) is 4. The van der Waals surface area contributed by atoms with E-state index in [1.165, 1.54) is 4.57 Å². The summed E-state index contributed by atoms with van der Waals surface area (Å²) in [5.74, 6) is -1.07. The Bertz CT molecular complexity index is 1430. The molecule has 0 spiro atoms. The molecule has 0 amide bonds. The van der Waals surface area contributed by atoms with Crippen LogP contribution in [0.1, 0.15) is 11.4 Å². The standard InChI is InChI=1S/C21H14F2N4OS/c1-12-25-17-10-24-7-6-18(17)27(12)14-4-2-13(3-5-14)11-26-19-8-15(22)16(23)9-20(19)29-21(26)28/h2-10H,11H2,1H3. The van der Waals surface area contributed by atoms with Crippen LogP contribution in [0.2, 0.25) is 0 Å². The van der Waals surface area contributed by atoms with Crippen molar-refractivity contribution in [3.05, 3.63) is 87.5 Å². The van der Waals surface area contributed by atoms with E-state index in [9.17, 15) is 13.6 Å². The van der Waals surface area contributed by atoms with Crippen molar-refractivity contribution in [1.82, 2.24) is 19.1 Å². The largest absolute Gasteiger partial charge is 0.308 e. The van der Waals surface area contributed by atoms with Gasteiger partial charge in [0.25, 0.3) is 0 Å². The Balaban J connectivity index is 1.52. The SMILES string of the molecule is Cc1nc2cnccc2n1-c1ccc(Cn2c(=O)sc3cc(F)c(F)cc32)cc1. The number of aryl methyl sites for hydroxylation is 1. The molecule has 0 unspecified atom stereocenters. The van der Waals surface area contributed by atoms with Crippen LogP contribution in [-0.2, 0) is 6.54 Å². The summed E-state index contributed by atoms with van der Waals surface area (Å²) in [7, 11) is 0. The Kier molecular flexibility index (Phi) is 4.02. The highest BCUT2D eigenvalue weighted by Gasteiger charge is 2.13. The van der Waals surface area contributed by atoms with Crippen LogP contribution >= 0.6 is 11.3 Å². The van der Waals surface area contributed by atoms with Gasteiger partial charge in [0.05, 0.1) is 28.5 Å². The van der Waals surface area contributed by atoms with E-state index in [2.05, 4.69) is 9.97 Å². The van der Waals surface area contributed by atoms with Gasteiger partial charge in [-0.15, -0.1) is 0 Å². The minimum atomic E-state index is -0.962. The van der Waals surface area contributed by atoms with Crippen LogP contribution in [0.15, 0.2) is 59.7 Å². The molecule has 0 aliphatic heterocycles. The Morgan fingerprint density at radius 1 is 1.03 bits per heavy atom. The van der Waals surface area contributed by atoms with Crippen LogP contribution < -0.4 is 4.87 Å². The molecule has 0 N–H and O–H groups in total. The molecule has 0 atom stereocenters. The molecular weight excluding hydrogens is 394 g/mol.